The van der Waals surface area contributed by atoms with Gasteiger partial charge in [-0.15, -0.1) is 0 Å². The van der Waals surface area contributed by atoms with Crippen molar-refractivity contribution in [3.8, 4) is 0 Å². The highest BCUT2D eigenvalue weighted by Crippen LogP contribution is 2.43. The van der Waals surface area contributed by atoms with Crippen molar-refractivity contribution in [1.82, 2.24) is 0 Å². The summed E-state index contributed by atoms with van der Waals surface area (Å²) in [5.74, 6) is -0.814. The first-order valence-corrected chi connectivity index (χ1v) is 26.7. The maximum Gasteiger partial charge on any atom is 0.472 e. The van der Waals surface area contributed by atoms with Gasteiger partial charge >= 0.3 is 19.8 Å². The Morgan fingerprint density at radius 3 is 1.20 bits per heavy atom. The smallest absolute Gasteiger partial charge is 0.462 e. The van der Waals surface area contributed by atoms with Gasteiger partial charge in [0.2, 0.25) is 0 Å². The van der Waals surface area contributed by atoms with Crippen molar-refractivity contribution in [3.63, 3.8) is 0 Å². The second-order valence-corrected chi connectivity index (χ2v) is 18.5. The molecule has 59 heavy (non-hydrogen) atoms. The second-order valence-electron chi connectivity index (χ2n) is 17.0. The van der Waals surface area contributed by atoms with Gasteiger partial charge in [0.25, 0.3) is 0 Å². The molecule has 0 fully saturated rings. The third kappa shape index (κ3) is 46.1. The predicted octanol–water partition coefficient (Wildman–Crippen LogP) is 15.0. The predicted molar refractivity (Wildman–Crippen MR) is 248 cm³/mol. The topological polar surface area (TPSA) is 134 Å². The Morgan fingerprint density at radius 2 is 0.831 bits per heavy atom. The summed E-state index contributed by atoms with van der Waals surface area (Å²) in [4.78, 5) is 35.0. The molecule has 0 aromatic carbocycles. The van der Waals surface area contributed by atoms with Gasteiger partial charge in [0.15, 0.2) is 6.10 Å². The number of phosphoric ester groups is 1. The van der Waals surface area contributed by atoms with E-state index in [-0.39, 0.29) is 38.6 Å². The van der Waals surface area contributed by atoms with Crippen molar-refractivity contribution in [1.29, 1.82) is 0 Å². The number of rotatable bonds is 48. The summed E-state index contributed by atoms with van der Waals surface area (Å²) in [5, 5.41) is 0. The maximum atomic E-state index is 12.6. The number of ether oxygens (including phenoxy) is 2. The van der Waals surface area contributed by atoms with Gasteiger partial charge in [-0.3, -0.25) is 18.6 Å². The maximum absolute atomic E-state index is 12.6. The molecule has 0 radical (unpaired) electrons. The van der Waals surface area contributed by atoms with Crippen LogP contribution in [0.1, 0.15) is 258 Å². The average Bonchev–Trinajstić information content (AvgIpc) is 3.22. The van der Waals surface area contributed by atoms with Crippen molar-refractivity contribution >= 4 is 19.8 Å². The summed E-state index contributed by atoms with van der Waals surface area (Å²) in [6.45, 7) is 3.78. The zero-order valence-corrected chi connectivity index (χ0v) is 39.7. The van der Waals surface area contributed by atoms with E-state index >= 15 is 0 Å². The molecule has 0 saturated carbocycles. The van der Waals surface area contributed by atoms with Crippen molar-refractivity contribution in [2.24, 2.45) is 5.73 Å². The number of esters is 2. The molecule has 0 bridgehead atoms. The van der Waals surface area contributed by atoms with Crippen molar-refractivity contribution in [2.75, 3.05) is 26.4 Å². The Labute approximate surface area is 364 Å². The number of nitrogens with two attached hydrogens (primary N) is 1. The van der Waals surface area contributed by atoms with Gasteiger partial charge in [0.1, 0.15) is 6.61 Å². The van der Waals surface area contributed by atoms with Crippen LogP contribution in [0.25, 0.3) is 0 Å². The fourth-order valence-electron chi connectivity index (χ4n) is 7.40. The number of allylic oxidation sites excluding steroid dienone is 2. The largest absolute Gasteiger partial charge is 0.472 e. The number of hydrogen-bond donors (Lipinski definition) is 2. The third-order valence-corrected chi connectivity index (χ3v) is 12.1. The minimum atomic E-state index is -4.38. The highest BCUT2D eigenvalue weighted by molar-refractivity contribution is 7.47. The molecular weight excluding hydrogens is 762 g/mol. The summed E-state index contributed by atoms with van der Waals surface area (Å²) >= 11 is 0. The molecule has 0 aliphatic rings. The Balaban J connectivity index is 4.02. The zero-order valence-electron chi connectivity index (χ0n) is 38.8. The fraction of sp³-hybridized carbons (Fsp3) is 0.918. The number of phosphoric acid groups is 1. The molecule has 0 spiro atoms. The summed E-state index contributed by atoms with van der Waals surface area (Å²) in [6.07, 6.45) is 49.6. The van der Waals surface area contributed by atoms with E-state index in [1.807, 2.05) is 0 Å². The molecule has 0 rings (SSSR count). The number of carbonyl (C=O) groups excluding carboxylic acids is 2. The summed E-state index contributed by atoms with van der Waals surface area (Å²) in [7, 11) is -4.38. The Kier molecular flexibility index (Phi) is 45.3. The van der Waals surface area contributed by atoms with E-state index in [2.05, 4.69) is 26.0 Å². The zero-order chi connectivity index (χ0) is 43.2. The molecule has 3 N–H and O–H groups in total. The average molecular weight is 858 g/mol. The molecule has 1 unspecified atom stereocenters. The fourth-order valence-corrected chi connectivity index (χ4v) is 8.16. The number of unbranched alkanes of at least 4 members (excludes halogenated alkanes) is 33. The van der Waals surface area contributed by atoms with Crippen molar-refractivity contribution < 1.29 is 37.6 Å². The molecule has 2 atom stereocenters. The van der Waals surface area contributed by atoms with Crippen LogP contribution in [0, 0.1) is 0 Å². The van der Waals surface area contributed by atoms with E-state index in [4.69, 9.17) is 24.3 Å². The lowest BCUT2D eigenvalue weighted by atomic mass is 10.0. The molecule has 0 aromatic heterocycles. The highest BCUT2D eigenvalue weighted by atomic mass is 31.2. The van der Waals surface area contributed by atoms with Gasteiger partial charge < -0.3 is 20.1 Å². The van der Waals surface area contributed by atoms with Crippen LogP contribution >= 0.6 is 7.82 Å². The molecule has 0 aliphatic carbocycles. The van der Waals surface area contributed by atoms with E-state index in [0.29, 0.717) is 6.42 Å². The lowest BCUT2D eigenvalue weighted by Crippen LogP contribution is -2.29. The summed E-state index contributed by atoms with van der Waals surface area (Å²) in [5.41, 5.74) is 5.36. The van der Waals surface area contributed by atoms with Gasteiger partial charge in [0.05, 0.1) is 13.2 Å². The minimum Gasteiger partial charge on any atom is -0.462 e. The number of carbonyl (C=O) groups is 2. The summed E-state index contributed by atoms with van der Waals surface area (Å²) in [6, 6.07) is 0. The Hall–Kier alpha value is -1.25. The molecule has 350 valence electrons. The van der Waals surface area contributed by atoms with Gasteiger partial charge in [-0.25, -0.2) is 4.57 Å². The standard InChI is InChI=1S/C49H96NO8P/c1-3-5-7-9-11-13-15-17-19-21-23-25-27-29-31-33-35-37-39-41-48(51)55-45-47(46-57-59(53,54)56-44-43-50)58-49(52)42-40-38-36-34-32-30-28-26-24-22-20-18-16-14-12-10-8-6-4-2/h18,20,47H,3-17,19,21-46,50H2,1-2H3,(H,53,54)/t47-/m1/s1. The van der Waals surface area contributed by atoms with E-state index in [1.54, 1.807) is 0 Å². The first-order chi connectivity index (χ1) is 28.8. The second kappa shape index (κ2) is 46.3. The molecule has 0 aliphatic heterocycles. The normalized spacial score (nSPS) is 13.2. The third-order valence-electron chi connectivity index (χ3n) is 11.2. The Morgan fingerprint density at radius 1 is 0.492 bits per heavy atom. The Bertz CT molecular complexity index is 980. The van der Waals surface area contributed by atoms with Crippen LogP contribution in [0.3, 0.4) is 0 Å². The molecule has 0 amide bonds. The quantitative estimate of drug-likeness (QED) is 0.0265. The van der Waals surface area contributed by atoms with E-state index in [9.17, 15) is 19.0 Å². The SMILES string of the molecule is CCCCCCCCC=CCCCCCCCCCCCC(=O)O[C@H](COC(=O)CCCCCCCCCCCCCCCCCCCCC)COP(=O)(O)OCCN. The van der Waals surface area contributed by atoms with E-state index in [0.717, 1.165) is 38.5 Å². The van der Waals surface area contributed by atoms with Crippen LogP contribution in [0.2, 0.25) is 0 Å². The molecular formula is C49H96NO8P. The van der Waals surface area contributed by atoms with Crippen LogP contribution in [-0.2, 0) is 32.7 Å². The van der Waals surface area contributed by atoms with Gasteiger partial charge in [-0.2, -0.15) is 0 Å². The van der Waals surface area contributed by atoms with Crippen LogP contribution in [0.15, 0.2) is 12.2 Å². The van der Waals surface area contributed by atoms with Gasteiger partial charge in [-0.1, -0.05) is 219 Å². The van der Waals surface area contributed by atoms with Crippen molar-refractivity contribution in [2.45, 2.75) is 264 Å². The van der Waals surface area contributed by atoms with E-state index < -0.39 is 26.5 Å². The number of hydrogen-bond acceptors (Lipinski definition) is 8. The van der Waals surface area contributed by atoms with Crippen LogP contribution < -0.4 is 5.73 Å². The molecule has 0 saturated heterocycles. The highest BCUT2D eigenvalue weighted by Gasteiger charge is 2.26. The lowest BCUT2D eigenvalue weighted by molar-refractivity contribution is -0.161. The molecule has 0 heterocycles. The lowest BCUT2D eigenvalue weighted by Gasteiger charge is -2.19. The summed E-state index contributed by atoms with van der Waals surface area (Å²) < 4.78 is 32.9. The van der Waals surface area contributed by atoms with Gasteiger partial charge in [-0.05, 0) is 38.5 Å². The first kappa shape index (κ1) is 57.8. The molecule has 0 aromatic rings. The van der Waals surface area contributed by atoms with Crippen molar-refractivity contribution in [3.05, 3.63) is 12.2 Å². The van der Waals surface area contributed by atoms with E-state index in [1.165, 1.54) is 186 Å². The van der Waals surface area contributed by atoms with Crippen LogP contribution in [0.5, 0.6) is 0 Å². The monoisotopic (exact) mass is 858 g/mol. The molecule has 10 heteroatoms. The van der Waals surface area contributed by atoms with Crippen LogP contribution in [0.4, 0.5) is 0 Å². The minimum absolute atomic E-state index is 0.0562. The molecule has 9 nitrogen and oxygen atoms in total. The first-order valence-electron chi connectivity index (χ1n) is 25.2. The van der Waals surface area contributed by atoms with Crippen LogP contribution in [-0.4, -0.2) is 49.3 Å². The van der Waals surface area contributed by atoms with Gasteiger partial charge in [0, 0.05) is 19.4 Å².